The maximum absolute atomic E-state index is 6.25. The minimum absolute atomic E-state index is 0.466. The van der Waals surface area contributed by atoms with Gasteiger partial charge in [-0.3, -0.25) is 4.68 Å². The van der Waals surface area contributed by atoms with E-state index in [1.807, 2.05) is 32.6 Å². The van der Waals surface area contributed by atoms with Crippen molar-refractivity contribution in [1.82, 2.24) is 14.7 Å². The maximum Gasteiger partial charge on any atom is 0.178 e. The zero-order valence-electron chi connectivity index (χ0n) is 12.7. The van der Waals surface area contributed by atoms with Gasteiger partial charge < -0.3 is 20.1 Å². The second kappa shape index (κ2) is 8.59. The van der Waals surface area contributed by atoms with E-state index in [0.29, 0.717) is 24.8 Å². The van der Waals surface area contributed by atoms with Crippen molar-refractivity contribution < 1.29 is 9.47 Å². The van der Waals surface area contributed by atoms with Gasteiger partial charge >= 0.3 is 0 Å². The first-order chi connectivity index (χ1) is 9.51. The van der Waals surface area contributed by atoms with Crippen LogP contribution in [0.2, 0.25) is 5.02 Å². The molecule has 0 spiro atoms. The highest BCUT2D eigenvalue weighted by atomic mass is 35.5. The van der Waals surface area contributed by atoms with Crippen molar-refractivity contribution in [3.05, 3.63) is 16.9 Å². The van der Waals surface area contributed by atoms with E-state index in [2.05, 4.69) is 10.00 Å². The number of ether oxygens (including phenoxy) is 2. The third kappa shape index (κ3) is 4.71. The van der Waals surface area contributed by atoms with Crippen molar-refractivity contribution in [3.63, 3.8) is 0 Å². The van der Waals surface area contributed by atoms with Crippen LogP contribution in [0.5, 0.6) is 0 Å². The molecule has 0 fully saturated rings. The molecular formula is C13H25ClN4O2. The fourth-order valence-corrected chi connectivity index (χ4v) is 2.16. The molecule has 0 aromatic carbocycles. The molecule has 7 heteroatoms. The number of rotatable bonds is 9. The summed E-state index contributed by atoms with van der Waals surface area (Å²) in [6.45, 7) is 6.44. The summed E-state index contributed by atoms with van der Waals surface area (Å²) >= 11 is 6.21. The SMILES string of the molecule is CCOC(OCC)C(N)c1c(Cl)cnn1CCN(C)C. The predicted octanol–water partition coefficient (Wildman–Crippen LogP) is 1.50. The van der Waals surface area contributed by atoms with Crippen LogP contribution in [0.4, 0.5) is 0 Å². The van der Waals surface area contributed by atoms with Gasteiger partial charge in [-0.15, -0.1) is 0 Å². The minimum atomic E-state index is -0.516. The Morgan fingerprint density at radius 2 is 1.95 bits per heavy atom. The van der Waals surface area contributed by atoms with E-state index in [1.54, 1.807) is 6.20 Å². The fraction of sp³-hybridized carbons (Fsp3) is 0.769. The van der Waals surface area contributed by atoms with Crippen molar-refractivity contribution in [3.8, 4) is 0 Å². The molecule has 1 unspecified atom stereocenters. The molecular weight excluding hydrogens is 280 g/mol. The standard InChI is InChI=1S/C13H25ClN4O2/c1-5-19-13(20-6-2)11(15)12-10(14)9-16-18(12)8-7-17(3)4/h9,11,13H,5-8,15H2,1-4H3. The molecule has 0 amide bonds. The van der Waals surface area contributed by atoms with Crippen LogP contribution >= 0.6 is 11.6 Å². The normalized spacial score (nSPS) is 13.4. The molecule has 0 aliphatic rings. The number of nitrogens with zero attached hydrogens (tertiary/aromatic N) is 3. The smallest absolute Gasteiger partial charge is 0.178 e. The number of nitrogens with two attached hydrogens (primary N) is 1. The Bertz CT molecular complexity index is 392. The number of halogens is 1. The van der Waals surface area contributed by atoms with Crippen molar-refractivity contribution in [2.75, 3.05) is 33.9 Å². The third-order valence-electron chi connectivity index (χ3n) is 2.86. The van der Waals surface area contributed by atoms with E-state index in [9.17, 15) is 0 Å². The van der Waals surface area contributed by atoms with Gasteiger partial charge in [0.15, 0.2) is 6.29 Å². The number of hydrogen-bond acceptors (Lipinski definition) is 5. The summed E-state index contributed by atoms with van der Waals surface area (Å²) in [5.41, 5.74) is 7.01. The third-order valence-corrected chi connectivity index (χ3v) is 3.15. The largest absolute Gasteiger partial charge is 0.351 e. The number of hydrogen-bond donors (Lipinski definition) is 1. The van der Waals surface area contributed by atoms with Crippen LogP contribution in [0.1, 0.15) is 25.6 Å². The summed E-state index contributed by atoms with van der Waals surface area (Å²) in [5.74, 6) is 0. The summed E-state index contributed by atoms with van der Waals surface area (Å²) in [4.78, 5) is 2.08. The average Bonchev–Trinajstić information content (AvgIpc) is 2.76. The first-order valence-electron chi connectivity index (χ1n) is 6.85. The van der Waals surface area contributed by atoms with Gasteiger partial charge in [-0.25, -0.2) is 0 Å². The van der Waals surface area contributed by atoms with Crippen molar-refractivity contribution in [1.29, 1.82) is 0 Å². The van der Waals surface area contributed by atoms with Gasteiger partial charge in [-0.05, 0) is 27.9 Å². The van der Waals surface area contributed by atoms with E-state index in [-0.39, 0.29) is 0 Å². The second-order valence-electron chi connectivity index (χ2n) is 4.71. The summed E-state index contributed by atoms with van der Waals surface area (Å²) in [6.07, 6.45) is 1.10. The molecule has 1 aromatic rings. The molecule has 1 aromatic heterocycles. The zero-order chi connectivity index (χ0) is 15.1. The topological polar surface area (TPSA) is 65.5 Å². The molecule has 0 saturated carbocycles. The van der Waals surface area contributed by atoms with Crippen LogP contribution in [0.15, 0.2) is 6.20 Å². The van der Waals surface area contributed by atoms with E-state index in [4.69, 9.17) is 26.8 Å². The molecule has 20 heavy (non-hydrogen) atoms. The molecule has 2 N–H and O–H groups in total. The molecule has 0 saturated heterocycles. The van der Waals surface area contributed by atoms with Gasteiger partial charge in [0, 0.05) is 19.8 Å². The highest BCUT2D eigenvalue weighted by Crippen LogP contribution is 2.25. The van der Waals surface area contributed by atoms with Crippen LogP contribution in [0.3, 0.4) is 0 Å². The summed E-state index contributed by atoms with van der Waals surface area (Å²) in [6, 6.07) is -0.466. The van der Waals surface area contributed by atoms with Crippen LogP contribution in [-0.2, 0) is 16.0 Å². The molecule has 1 rings (SSSR count). The Morgan fingerprint density at radius 3 is 2.45 bits per heavy atom. The molecule has 6 nitrogen and oxygen atoms in total. The van der Waals surface area contributed by atoms with Crippen molar-refractivity contribution in [2.24, 2.45) is 5.73 Å². The Morgan fingerprint density at radius 1 is 1.35 bits per heavy atom. The first kappa shape index (κ1) is 17.4. The second-order valence-corrected chi connectivity index (χ2v) is 5.12. The van der Waals surface area contributed by atoms with Crippen molar-refractivity contribution in [2.45, 2.75) is 32.7 Å². The predicted molar refractivity (Wildman–Crippen MR) is 79.8 cm³/mol. The molecule has 0 bridgehead atoms. The lowest BCUT2D eigenvalue weighted by Crippen LogP contribution is -2.34. The van der Waals surface area contributed by atoms with Gasteiger partial charge in [0.25, 0.3) is 0 Å². The van der Waals surface area contributed by atoms with E-state index in [0.717, 1.165) is 12.2 Å². The highest BCUT2D eigenvalue weighted by molar-refractivity contribution is 6.31. The Labute approximate surface area is 125 Å². The number of aromatic nitrogens is 2. The molecule has 0 radical (unpaired) electrons. The van der Waals surface area contributed by atoms with Gasteiger partial charge in [0.2, 0.25) is 0 Å². The lowest BCUT2D eigenvalue weighted by Gasteiger charge is -2.25. The number of likely N-dealkylation sites (N-methyl/N-ethyl adjacent to an activating group) is 1. The first-order valence-corrected chi connectivity index (χ1v) is 7.23. The summed E-state index contributed by atoms with van der Waals surface area (Å²) in [5, 5.41) is 4.82. The molecule has 1 atom stereocenters. The Hall–Kier alpha value is -0.660. The Balaban J connectivity index is 2.88. The van der Waals surface area contributed by atoms with Gasteiger partial charge in [-0.1, -0.05) is 11.6 Å². The maximum atomic E-state index is 6.25. The van der Waals surface area contributed by atoms with Crippen LogP contribution in [-0.4, -0.2) is 54.8 Å². The van der Waals surface area contributed by atoms with Crippen molar-refractivity contribution >= 4 is 11.6 Å². The van der Waals surface area contributed by atoms with Gasteiger partial charge in [0.1, 0.15) is 0 Å². The molecule has 1 heterocycles. The summed E-state index contributed by atoms with van der Waals surface area (Å²) in [7, 11) is 4.02. The zero-order valence-corrected chi connectivity index (χ0v) is 13.4. The molecule has 0 aliphatic carbocycles. The lowest BCUT2D eigenvalue weighted by atomic mass is 10.2. The quantitative estimate of drug-likeness (QED) is 0.700. The average molecular weight is 305 g/mol. The van der Waals surface area contributed by atoms with Gasteiger partial charge in [-0.2, -0.15) is 5.10 Å². The minimum Gasteiger partial charge on any atom is -0.351 e. The highest BCUT2D eigenvalue weighted by Gasteiger charge is 2.26. The van der Waals surface area contributed by atoms with Crippen LogP contribution in [0.25, 0.3) is 0 Å². The van der Waals surface area contributed by atoms with E-state index in [1.165, 1.54) is 0 Å². The summed E-state index contributed by atoms with van der Waals surface area (Å²) < 4.78 is 12.9. The van der Waals surface area contributed by atoms with E-state index < -0.39 is 12.3 Å². The molecule has 0 aliphatic heterocycles. The monoisotopic (exact) mass is 304 g/mol. The molecule has 116 valence electrons. The lowest BCUT2D eigenvalue weighted by molar-refractivity contribution is -0.150. The van der Waals surface area contributed by atoms with Gasteiger partial charge in [0.05, 0.1) is 29.5 Å². The van der Waals surface area contributed by atoms with E-state index >= 15 is 0 Å². The van der Waals surface area contributed by atoms with Crippen LogP contribution < -0.4 is 5.73 Å². The fourth-order valence-electron chi connectivity index (χ4n) is 1.89. The Kier molecular flexibility index (Phi) is 7.47. The van der Waals surface area contributed by atoms with Crippen LogP contribution in [0, 0.1) is 0 Å².